The van der Waals surface area contributed by atoms with Crippen LogP contribution >= 0.6 is 0 Å². The van der Waals surface area contributed by atoms with E-state index in [-0.39, 0.29) is 47.9 Å². The summed E-state index contributed by atoms with van der Waals surface area (Å²) in [5, 5.41) is 12.1. The minimum atomic E-state index is -1.10. The van der Waals surface area contributed by atoms with Crippen molar-refractivity contribution in [2.45, 2.75) is 96.6 Å². The Balaban J connectivity index is 1.15. The molecule has 3 fully saturated rings. The second kappa shape index (κ2) is 10.9. The molecule has 7 heteroatoms. The number of hydrogen-bond donors (Lipinski definition) is 2. The lowest BCUT2D eigenvalue weighted by molar-refractivity contribution is -0.160. The molecule has 4 aliphatic rings. The van der Waals surface area contributed by atoms with Gasteiger partial charge in [0.2, 0.25) is 5.91 Å². The van der Waals surface area contributed by atoms with Crippen LogP contribution in [0.15, 0.2) is 42.0 Å². The third-order valence-corrected chi connectivity index (χ3v) is 10.6. The lowest BCUT2D eigenvalue weighted by Gasteiger charge is -2.57. The molecule has 0 aliphatic heterocycles. The van der Waals surface area contributed by atoms with E-state index in [4.69, 9.17) is 4.74 Å². The minimum Gasteiger partial charge on any atom is -0.480 e. The van der Waals surface area contributed by atoms with Gasteiger partial charge in [-0.05, 0) is 79.8 Å². The van der Waals surface area contributed by atoms with Gasteiger partial charge in [0.05, 0.1) is 6.42 Å². The van der Waals surface area contributed by atoms with Gasteiger partial charge >= 0.3 is 11.9 Å². The zero-order chi connectivity index (χ0) is 27.8. The third kappa shape index (κ3) is 5.42. The number of nitrogens with one attached hydrogen (secondary N) is 1. The number of carboxylic acids is 1. The van der Waals surface area contributed by atoms with Crippen molar-refractivity contribution in [3.05, 3.63) is 47.5 Å². The van der Waals surface area contributed by atoms with E-state index in [1.54, 1.807) is 0 Å². The number of fused-ring (bicyclic) bond motifs is 5. The molecule has 1 aromatic rings. The summed E-state index contributed by atoms with van der Waals surface area (Å²) in [6.07, 6.45) is 9.51. The summed E-state index contributed by atoms with van der Waals surface area (Å²) in [6, 6.07) is 8.10. The molecule has 3 saturated carbocycles. The lowest BCUT2D eigenvalue weighted by atomic mass is 9.47. The zero-order valence-electron chi connectivity index (χ0n) is 23.1. The van der Waals surface area contributed by atoms with Gasteiger partial charge in [-0.3, -0.25) is 14.4 Å². The average Bonchev–Trinajstić information content (AvgIpc) is 3.24. The lowest BCUT2D eigenvalue weighted by Crippen LogP contribution is -2.51. The number of carbonyl (C=O) groups is 4. The van der Waals surface area contributed by atoms with E-state index in [1.165, 1.54) is 5.57 Å². The van der Waals surface area contributed by atoms with Gasteiger partial charge in [-0.25, -0.2) is 4.79 Å². The molecule has 0 aromatic heterocycles. The normalized spacial score (nSPS) is 34.1. The van der Waals surface area contributed by atoms with Crippen LogP contribution < -0.4 is 5.32 Å². The molecule has 0 heterocycles. The Morgan fingerprint density at radius 3 is 2.51 bits per heavy atom. The van der Waals surface area contributed by atoms with Crippen molar-refractivity contribution in [3.63, 3.8) is 0 Å². The van der Waals surface area contributed by atoms with Gasteiger partial charge in [-0.2, -0.15) is 0 Å². The molecular weight excluding hydrogens is 494 g/mol. The topological polar surface area (TPSA) is 110 Å². The molecule has 4 aliphatic carbocycles. The Hall–Kier alpha value is -2.96. The van der Waals surface area contributed by atoms with E-state index in [9.17, 15) is 24.3 Å². The maximum Gasteiger partial charge on any atom is 0.326 e. The number of carboxylic acid groups (broad SMARTS) is 1. The van der Waals surface area contributed by atoms with Gasteiger partial charge in [0, 0.05) is 24.7 Å². The number of allylic oxidation sites excluding steroid dienone is 1. The summed E-state index contributed by atoms with van der Waals surface area (Å²) in [6.45, 7) is 4.65. The number of esters is 1. The highest BCUT2D eigenvalue weighted by molar-refractivity contribution is 5.91. The summed E-state index contributed by atoms with van der Waals surface area (Å²) in [5.41, 5.74) is 2.23. The predicted molar refractivity (Wildman–Crippen MR) is 146 cm³/mol. The second-order valence-corrected chi connectivity index (χ2v) is 12.7. The van der Waals surface area contributed by atoms with Gasteiger partial charge in [0.25, 0.3) is 0 Å². The molecule has 7 nitrogen and oxygen atoms in total. The first kappa shape index (κ1) is 27.6. The zero-order valence-corrected chi connectivity index (χ0v) is 23.1. The first-order valence-corrected chi connectivity index (χ1v) is 14.6. The summed E-state index contributed by atoms with van der Waals surface area (Å²) < 4.78 is 6.02. The van der Waals surface area contributed by atoms with E-state index in [0.29, 0.717) is 24.2 Å². The average molecular weight is 536 g/mol. The molecule has 0 radical (unpaired) electrons. The van der Waals surface area contributed by atoms with Crippen LogP contribution in [0, 0.1) is 28.6 Å². The number of amides is 1. The van der Waals surface area contributed by atoms with Crippen LogP contribution in [0.4, 0.5) is 0 Å². The molecule has 39 heavy (non-hydrogen) atoms. The van der Waals surface area contributed by atoms with Gasteiger partial charge in [-0.1, -0.05) is 49.8 Å². The molecule has 7 atom stereocenters. The summed E-state index contributed by atoms with van der Waals surface area (Å²) in [4.78, 5) is 49.1. The molecular formula is C32H41NO6. The van der Waals surface area contributed by atoms with Crippen molar-refractivity contribution in [3.8, 4) is 0 Å². The quantitative estimate of drug-likeness (QED) is 0.452. The summed E-state index contributed by atoms with van der Waals surface area (Å²) in [5.74, 6) is -0.00180. The van der Waals surface area contributed by atoms with Crippen LogP contribution in [-0.2, 0) is 30.3 Å². The van der Waals surface area contributed by atoms with Gasteiger partial charge in [0.15, 0.2) is 5.78 Å². The molecule has 0 spiro atoms. The van der Waals surface area contributed by atoms with Gasteiger partial charge < -0.3 is 15.2 Å². The van der Waals surface area contributed by atoms with Crippen molar-refractivity contribution in [2.75, 3.05) is 0 Å². The molecule has 2 N–H and O–H groups in total. The first-order chi connectivity index (χ1) is 18.6. The molecule has 1 unspecified atom stereocenters. The molecule has 1 amide bonds. The largest absolute Gasteiger partial charge is 0.480 e. The Morgan fingerprint density at radius 2 is 1.77 bits per heavy atom. The highest BCUT2D eigenvalue weighted by atomic mass is 16.5. The highest BCUT2D eigenvalue weighted by Gasteiger charge is 2.59. The van der Waals surface area contributed by atoms with E-state index in [2.05, 4.69) is 19.2 Å². The molecule has 0 saturated heterocycles. The number of hydrogen-bond acceptors (Lipinski definition) is 5. The standard InChI is InChI=1S/C32H41NO6/c1-31-16-14-22(34)19-21(31)8-9-23-24-10-11-27(32(24,2)17-15-25(23)31)39-29(36)13-12-28(35)33-26(30(37)38)18-20-6-4-3-5-7-20/h3-7,19,23-27H,8-18H2,1-2H3,(H,33,35)(H,37,38)/t23-,24-,25-,26?,27-,31-,32-/m0/s1. The van der Waals surface area contributed by atoms with Crippen molar-refractivity contribution in [2.24, 2.45) is 28.6 Å². The number of ketones is 1. The molecule has 1 aromatic carbocycles. The van der Waals surface area contributed by atoms with Crippen molar-refractivity contribution in [1.82, 2.24) is 5.32 Å². The maximum atomic E-state index is 12.8. The number of ether oxygens (including phenoxy) is 1. The fraction of sp³-hybridized carbons (Fsp3) is 0.625. The van der Waals surface area contributed by atoms with Crippen molar-refractivity contribution in [1.29, 1.82) is 0 Å². The van der Waals surface area contributed by atoms with E-state index in [1.807, 2.05) is 36.4 Å². The predicted octanol–water partition coefficient (Wildman–Crippen LogP) is 5.02. The molecule has 5 rings (SSSR count). The second-order valence-electron chi connectivity index (χ2n) is 12.7. The Morgan fingerprint density at radius 1 is 1.00 bits per heavy atom. The van der Waals surface area contributed by atoms with Gasteiger partial charge in [-0.15, -0.1) is 0 Å². The minimum absolute atomic E-state index is 0.0624. The fourth-order valence-corrected chi connectivity index (χ4v) is 8.45. The van der Waals surface area contributed by atoms with Crippen LogP contribution in [0.1, 0.15) is 83.6 Å². The van der Waals surface area contributed by atoms with Gasteiger partial charge in [0.1, 0.15) is 12.1 Å². The molecule has 0 bridgehead atoms. The van der Waals surface area contributed by atoms with Crippen molar-refractivity contribution >= 4 is 23.6 Å². The number of rotatable bonds is 8. The third-order valence-electron chi connectivity index (χ3n) is 10.6. The Labute approximate surface area is 230 Å². The van der Waals surface area contributed by atoms with Crippen LogP contribution in [-0.4, -0.2) is 40.9 Å². The smallest absolute Gasteiger partial charge is 0.326 e. The van der Waals surface area contributed by atoms with Crippen LogP contribution in [0.2, 0.25) is 0 Å². The van der Waals surface area contributed by atoms with Crippen LogP contribution in [0.5, 0.6) is 0 Å². The summed E-state index contributed by atoms with van der Waals surface area (Å²) in [7, 11) is 0. The first-order valence-electron chi connectivity index (χ1n) is 14.6. The number of benzene rings is 1. The SMILES string of the molecule is C[C@]12CC[C@H]3[C@@H](CCC4=CC(=O)CC[C@@]43C)[C@@H]1CC[C@@H]2OC(=O)CCC(=O)NC(Cc1ccccc1)C(=O)O. The van der Waals surface area contributed by atoms with E-state index >= 15 is 0 Å². The van der Waals surface area contributed by atoms with E-state index in [0.717, 1.165) is 50.5 Å². The van der Waals surface area contributed by atoms with Crippen LogP contribution in [0.25, 0.3) is 0 Å². The summed E-state index contributed by atoms with van der Waals surface area (Å²) >= 11 is 0. The van der Waals surface area contributed by atoms with E-state index < -0.39 is 17.9 Å². The Kier molecular flexibility index (Phi) is 7.71. The number of aliphatic carboxylic acids is 1. The Bertz CT molecular complexity index is 1160. The fourth-order valence-electron chi connectivity index (χ4n) is 8.45. The van der Waals surface area contributed by atoms with Crippen LogP contribution in [0.3, 0.4) is 0 Å². The maximum absolute atomic E-state index is 12.8. The monoisotopic (exact) mass is 535 g/mol. The number of carbonyl (C=O) groups excluding carboxylic acids is 3. The van der Waals surface area contributed by atoms with Crippen molar-refractivity contribution < 1.29 is 29.0 Å². The molecule has 210 valence electrons. The highest BCUT2D eigenvalue weighted by Crippen LogP contribution is 2.65.